The van der Waals surface area contributed by atoms with Crippen molar-refractivity contribution in [2.45, 2.75) is 69.6 Å². The number of urea groups is 1. The molecule has 1 aliphatic heterocycles. The molecule has 0 spiro atoms. The third-order valence-corrected chi connectivity index (χ3v) is 8.43. The van der Waals surface area contributed by atoms with E-state index in [9.17, 15) is 9.59 Å². The molecule has 3 aliphatic rings. The van der Waals surface area contributed by atoms with E-state index in [2.05, 4.69) is 57.4 Å². The number of nitrogens with one attached hydrogen (secondary N) is 3. The molecule has 41 heavy (non-hydrogen) atoms. The van der Waals surface area contributed by atoms with Crippen molar-refractivity contribution in [1.29, 1.82) is 5.26 Å². The topological polar surface area (TPSA) is 117 Å². The summed E-state index contributed by atoms with van der Waals surface area (Å²) in [7, 11) is 2.13. The van der Waals surface area contributed by atoms with Crippen molar-refractivity contribution >= 4 is 34.8 Å². The number of benzene rings is 1. The van der Waals surface area contributed by atoms with E-state index in [1.54, 1.807) is 12.3 Å². The number of amides is 3. The Morgan fingerprint density at radius 1 is 1.10 bits per heavy atom. The molecule has 2 saturated carbocycles. The van der Waals surface area contributed by atoms with Gasteiger partial charge in [-0.1, -0.05) is 6.58 Å². The van der Waals surface area contributed by atoms with Gasteiger partial charge in [-0.2, -0.15) is 5.26 Å². The summed E-state index contributed by atoms with van der Waals surface area (Å²) in [6.45, 7) is 8.48. The zero-order valence-corrected chi connectivity index (χ0v) is 24.0. The molecule has 3 N–H and O–H groups in total. The summed E-state index contributed by atoms with van der Waals surface area (Å²) in [6, 6.07) is 12.5. The van der Waals surface area contributed by atoms with Gasteiger partial charge in [0.05, 0.1) is 16.9 Å². The highest BCUT2D eigenvalue weighted by Gasteiger charge is 2.34. The Morgan fingerprint density at radius 3 is 2.49 bits per heavy atom. The van der Waals surface area contributed by atoms with Crippen LogP contribution in [0.15, 0.2) is 49.2 Å². The minimum absolute atomic E-state index is 0.0261. The maximum atomic E-state index is 13.6. The second-order valence-electron chi connectivity index (χ2n) is 11.5. The second-order valence-corrected chi connectivity index (χ2v) is 11.5. The lowest BCUT2D eigenvalue weighted by molar-refractivity contribution is -0.111. The van der Waals surface area contributed by atoms with Crippen LogP contribution in [0.25, 0.3) is 0 Å². The summed E-state index contributed by atoms with van der Waals surface area (Å²) >= 11 is 0. The SMILES string of the molecule is C=CC(=O)Nc1cc(N(C(=O)NC2CC2)C2CCC(Nc3ccc(C#N)cn3)CC2)ccc1N1CCN(C)C(C)C1. The smallest absolute Gasteiger partial charge is 0.322 e. The van der Waals surface area contributed by atoms with Crippen LogP contribution in [-0.4, -0.2) is 72.7 Å². The van der Waals surface area contributed by atoms with Gasteiger partial charge in [0.2, 0.25) is 5.91 Å². The van der Waals surface area contributed by atoms with Gasteiger partial charge in [0.1, 0.15) is 11.9 Å². The number of carbonyl (C=O) groups excluding carboxylic acids is 2. The molecule has 3 fully saturated rings. The Labute approximate surface area is 242 Å². The third-order valence-electron chi connectivity index (χ3n) is 8.43. The van der Waals surface area contributed by atoms with Gasteiger partial charge in [-0.05, 0) is 88.9 Å². The lowest BCUT2D eigenvalue weighted by Gasteiger charge is -2.40. The summed E-state index contributed by atoms with van der Waals surface area (Å²) in [5.41, 5.74) is 2.96. The number of pyridine rings is 1. The van der Waals surface area contributed by atoms with Gasteiger partial charge in [-0.25, -0.2) is 9.78 Å². The molecule has 5 rings (SSSR count). The van der Waals surface area contributed by atoms with Crippen molar-refractivity contribution < 1.29 is 9.59 Å². The molecule has 0 radical (unpaired) electrons. The molecular weight excluding hydrogens is 516 g/mol. The quantitative estimate of drug-likeness (QED) is 0.415. The Kier molecular flexibility index (Phi) is 8.74. The Balaban J connectivity index is 1.36. The fraction of sp³-hybridized carbons (Fsp3) is 0.484. The van der Waals surface area contributed by atoms with E-state index in [-0.39, 0.29) is 30.1 Å². The highest BCUT2D eigenvalue weighted by Crippen LogP contribution is 2.36. The van der Waals surface area contributed by atoms with Crippen molar-refractivity contribution in [3.63, 3.8) is 0 Å². The first-order valence-corrected chi connectivity index (χ1v) is 14.6. The monoisotopic (exact) mass is 556 g/mol. The van der Waals surface area contributed by atoms with Gasteiger partial charge in [0.25, 0.3) is 0 Å². The van der Waals surface area contributed by atoms with Gasteiger partial charge < -0.3 is 25.8 Å². The number of hydrogen-bond donors (Lipinski definition) is 3. The maximum Gasteiger partial charge on any atom is 0.322 e. The molecule has 1 unspecified atom stereocenters. The molecular formula is C31H40N8O2. The van der Waals surface area contributed by atoms with Crippen molar-refractivity contribution in [3.8, 4) is 6.07 Å². The molecule has 1 aromatic carbocycles. The number of nitriles is 1. The molecule has 1 atom stereocenters. The molecule has 0 bridgehead atoms. The van der Waals surface area contributed by atoms with Crippen LogP contribution >= 0.6 is 0 Å². The predicted octanol–water partition coefficient (Wildman–Crippen LogP) is 4.32. The fourth-order valence-corrected chi connectivity index (χ4v) is 5.70. The first kappa shape index (κ1) is 28.4. The fourth-order valence-electron chi connectivity index (χ4n) is 5.70. The summed E-state index contributed by atoms with van der Waals surface area (Å²) in [5.74, 6) is 0.481. The number of anilines is 4. The third kappa shape index (κ3) is 6.98. The minimum Gasteiger partial charge on any atom is -0.367 e. The molecule has 2 aliphatic carbocycles. The molecule has 1 saturated heterocycles. The maximum absolute atomic E-state index is 13.6. The average molecular weight is 557 g/mol. The number of nitrogens with zero attached hydrogens (tertiary/aromatic N) is 5. The Morgan fingerprint density at radius 2 is 1.85 bits per heavy atom. The molecule has 10 nitrogen and oxygen atoms in total. The number of piperazine rings is 1. The zero-order chi connectivity index (χ0) is 28.9. The summed E-state index contributed by atoms with van der Waals surface area (Å²) in [6.07, 6.45) is 8.30. The van der Waals surface area contributed by atoms with Gasteiger partial charge in [0, 0.05) is 55.7 Å². The van der Waals surface area contributed by atoms with E-state index in [1.807, 2.05) is 29.2 Å². The summed E-state index contributed by atoms with van der Waals surface area (Å²) in [5, 5.41) is 18.7. The first-order chi connectivity index (χ1) is 19.8. The molecule has 1 aromatic heterocycles. The van der Waals surface area contributed by atoms with Crippen LogP contribution in [0.4, 0.5) is 27.7 Å². The van der Waals surface area contributed by atoms with E-state index in [1.165, 1.54) is 6.08 Å². The minimum atomic E-state index is -0.275. The molecule has 2 aromatic rings. The highest BCUT2D eigenvalue weighted by atomic mass is 16.2. The number of likely N-dealkylation sites (N-methyl/N-ethyl adjacent to an activating group) is 1. The van der Waals surface area contributed by atoms with Gasteiger partial charge in [0.15, 0.2) is 0 Å². The molecule has 216 valence electrons. The Bertz CT molecular complexity index is 1290. The summed E-state index contributed by atoms with van der Waals surface area (Å²) in [4.78, 5) is 37.0. The predicted molar refractivity (Wildman–Crippen MR) is 162 cm³/mol. The lowest BCUT2D eigenvalue weighted by atomic mass is 9.89. The average Bonchev–Trinajstić information content (AvgIpc) is 3.80. The van der Waals surface area contributed by atoms with Gasteiger partial charge >= 0.3 is 6.03 Å². The van der Waals surface area contributed by atoms with Crippen LogP contribution in [-0.2, 0) is 4.79 Å². The zero-order valence-electron chi connectivity index (χ0n) is 24.0. The first-order valence-electron chi connectivity index (χ1n) is 14.6. The largest absolute Gasteiger partial charge is 0.367 e. The van der Waals surface area contributed by atoms with E-state index in [4.69, 9.17) is 5.26 Å². The number of hydrogen-bond acceptors (Lipinski definition) is 7. The highest BCUT2D eigenvalue weighted by molar-refractivity contribution is 6.02. The second kappa shape index (κ2) is 12.6. The number of rotatable bonds is 8. The van der Waals surface area contributed by atoms with Crippen molar-refractivity contribution in [2.75, 3.05) is 47.1 Å². The van der Waals surface area contributed by atoms with E-state index in [0.717, 1.165) is 75.4 Å². The van der Waals surface area contributed by atoms with Crippen LogP contribution in [0.1, 0.15) is 51.0 Å². The standard InChI is InChI=1S/C31H40N8O2/c1-4-30(40)36-27-17-26(12-13-28(27)38-16-15-37(3)21(2)20-38)39(31(41)35-24-6-7-24)25-10-8-23(9-11-25)34-29-14-5-22(18-32)19-33-29/h4-5,12-14,17,19,21,23-25H,1,6-11,15-16,20H2,2-3H3,(H,33,34)(H,35,41)(H,36,40). The van der Waals surface area contributed by atoms with Crippen molar-refractivity contribution in [2.24, 2.45) is 0 Å². The number of carbonyl (C=O) groups is 2. The van der Waals surface area contributed by atoms with Crippen LogP contribution in [0, 0.1) is 11.3 Å². The molecule has 3 amide bonds. The van der Waals surface area contributed by atoms with Crippen molar-refractivity contribution in [1.82, 2.24) is 15.2 Å². The number of aromatic nitrogens is 1. The normalized spacial score (nSPS) is 22.8. The van der Waals surface area contributed by atoms with E-state index >= 15 is 0 Å². The Hall–Kier alpha value is -4.10. The molecule has 2 heterocycles. The van der Waals surface area contributed by atoms with Crippen LogP contribution < -0.4 is 25.8 Å². The van der Waals surface area contributed by atoms with Gasteiger partial charge in [-0.15, -0.1) is 0 Å². The van der Waals surface area contributed by atoms with Crippen LogP contribution in [0.2, 0.25) is 0 Å². The molecule has 10 heteroatoms. The summed E-state index contributed by atoms with van der Waals surface area (Å²) < 4.78 is 0. The van der Waals surface area contributed by atoms with Crippen molar-refractivity contribution in [3.05, 3.63) is 54.7 Å². The lowest BCUT2D eigenvalue weighted by Crippen LogP contribution is -2.50. The van der Waals surface area contributed by atoms with Gasteiger partial charge in [-0.3, -0.25) is 9.69 Å². The van der Waals surface area contributed by atoms with E-state index < -0.39 is 0 Å². The van der Waals surface area contributed by atoms with Crippen LogP contribution in [0.3, 0.4) is 0 Å². The van der Waals surface area contributed by atoms with Crippen LogP contribution in [0.5, 0.6) is 0 Å². The van der Waals surface area contributed by atoms with E-state index in [0.29, 0.717) is 17.3 Å².